The Morgan fingerprint density at radius 2 is 1.54 bits per heavy atom. The zero-order chi connectivity index (χ0) is 18.9. The van der Waals surface area contributed by atoms with Gasteiger partial charge in [0.2, 0.25) is 11.8 Å². The second-order valence-corrected chi connectivity index (χ2v) is 5.84. The Bertz CT molecular complexity index is 763. The molecular weight excluding hydrogens is 337 g/mol. The predicted molar refractivity (Wildman–Crippen MR) is 94.4 cm³/mol. The van der Waals surface area contributed by atoms with Crippen LogP contribution in [0.25, 0.3) is 0 Å². The Labute approximate surface area is 150 Å². The van der Waals surface area contributed by atoms with Crippen molar-refractivity contribution in [2.45, 2.75) is 25.8 Å². The van der Waals surface area contributed by atoms with E-state index in [1.54, 1.807) is 31.2 Å². The molecule has 0 aliphatic carbocycles. The van der Waals surface area contributed by atoms with Gasteiger partial charge in [0, 0.05) is 18.0 Å². The number of benzene rings is 2. The zero-order valence-electron chi connectivity index (χ0n) is 14.3. The molecule has 0 saturated heterocycles. The summed E-state index contributed by atoms with van der Waals surface area (Å²) in [5.41, 5.74) is 5.72. The van der Waals surface area contributed by atoms with Crippen LogP contribution >= 0.6 is 0 Å². The molecule has 0 bridgehead atoms. The van der Waals surface area contributed by atoms with E-state index in [1.165, 1.54) is 24.3 Å². The summed E-state index contributed by atoms with van der Waals surface area (Å²) >= 11 is 0. The van der Waals surface area contributed by atoms with Crippen LogP contribution in [0.1, 0.15) is 29.3 Å². The molecule has 0 aliphatic rings. The summed E-state index contributed by atoms with van der Waals surface area (Å²) in [5.74, 6) is -1.51. The fraction of sp³-hybridized carbons (Fsp3) is 0.211. The van der Waals surface area contributed by atoms with Gasteiger partial charge in [0.1, 0.15) is 5.82 Å². The summed E-state index contributed by atoms with van der Waals surface area (Å²) in [6.45, 7) is 1.70. The molecule has 3 amide bonds. The minimum atomic E-state index is -0.432. The molecular formula is C19H20FN3O3. The van der Waals surface area contributed by atoms with Gasteiger partial charge in [0.05, 0.1) is 6.42 Å². The minimum Gasteiger partial charge on any atom is -0.349 e. The number of nitrogens with one attached hydrogen (secondary N) is 3. The van der Waals surface area contributed by atoms with Crippen molar-refractivity contribution in [2.24, 2.45) is 0 Å². The fourth-order valence-corrected chi connectivity index (χ4v) is 2.25. The van der Waals surface area contributed by atoms with Crippen LogP contribution in [0.15, 0.2) is 54.6 Å². The molecule has 26 heavy (non-hydrogen) atoms. The number of hydrogen-bond donors (Lipinski definition) is 3. The highest BCUT2D eigenvalue weighted by molar-refractivity contribution is 5.94. The average molecular weight is 357 g/mol. The SMILES string of the molecule is CC(CC(=O)NNC(=O)Cc1ccc(F)cc1)NC(=O)c1ccccc1. The standard InChI is InChI=1S/C19H20FN3O3/c1-13(21-19(26)15-5-3-2-4-6-15)11-17(24)22-23-18(25)12-14-7-9-16(20)10-8-14/h2-10,13H,11-12H2,1H3,(H,21,26)(H,22,24)(H,23,25). The zero-order valence-corrected chi connectivity index (χ0v) is 14.3. The van der Waals surface area contributed by atoms with E-state index in [0.29, 0.717) is 11.1 Å². The van der Waals surface area contributed by atoms with E-state index >= 15 is 0 Å². The number of amides is 3. The molecule has 3 N–H and O–H groups in total. The van der Waals surface area contributed by atoms with Crippen LogP contribution in [0.4, 0.5) is 4.39 Å². The lowest BCUT2D eigenvalue weighted by molar-refractivity contribution is -0.128. The highest BCUT2D eigenvalue weighted by atomic mass is 19.1. The van der Waals surface area contributed by atoms with Crippen LogP contribution in [-0.4, -0.2) is 23.8 Å². The molecule has 0 aromatic heterocycles. The fourth-order valence-electron chi connectivity index (χ4n) is 2.25. The minimum absolute atomic E-state index is 0.00933. The molecule has 2 aromatic carbocycles. The van der Waals surface area contributed by atoms with E-state index in [1.807, 2.05) is 6.07 Å². The molecule has 2 aromatic rings. The first-order chi connectivity index (χ1) is 12.4. The van der Waals surface area contributed by atoms with E-state index in [9.17, 15) is 18.8 Å². The van der Waals surface area contributed by atoms with E-state index < -0.39 is 17.9 Å². The van der Waals surface area contributed by atoms with Gasteiger partial charge >= 0.3 is 0 Å². The van der Waals surface area contributed by atoms with E-state index in [4.69, 9.17) is 0 Å². The molecule has 0 heterocycles. The van der Waals surface area contributed by atoms with Gasteiger partial charge in [-0.15, -0.1) is 0 Å². The number of carbonyl (C=O) groups excluding carboxylic acids is 3. The average Bonchev–Trinajstić information content (AvgIpc) is 2.62. The summed E-state index contributed by atoms with van der Waals surface area (Å²) in [6.07, 6.45) is 0.0241. The second kappa shape index (κ2) is 9.31. The Morgan fingerprint density at radius 1 is 0.923 bits per heavy atom. The predicted octanol–water partition coefficient (Wildman–Crippen LogP) is 1.72. The summed E-state index contributed by atoms with van der Waals surface area (Å²) in [5, 5.41) is 2.71. The Balaban J connectivity index is 1.71. The van der Waals surface area contributed by atoms with E-state index in [0.717, 1.165) is 0 Å². The van der Waals surface area contributed by atoms with Gasteiger partial charge in [0.15, 0.2) is 0 Å². The Morgan fingerprint density at radius 3 is 2.19 bits per heavy atom. The van der Waals surface area contributed by atoms with Crippen LogP contribution in [0.5, 0.6) is 0 Å². The van der Waals surface area contributed by atoms with Crippen LogP contribution in [-0.2, 0) is 16.0 Å². The maximum absolute atomic E-state index is 12.8. The van der Waals surface area contributed by atoms with Gasteiger partial charge in [0.25, 0.3) is 5.91 Å². The maximum atomic E-state index is 12.8. The van der Waals surface area contributed by atoms with Crippen molar-refractivity contribution in [3.05, 3.63) is 71.5 Å². The highest BCUT2D eigenvalue weighted by Gasteiger charge is 2.13. The van der Waals surface area contributed by atoms with Gasteiger partial charge in [-0.1, -0.05) is 30.3 Å². The highest BCUT2D eigenvalue weighted by Crippen LogP contribution is 2.03. The number of halogens is 1. The molecule has 0 fully saturated rings. The molecule has 0 aliphatic heterocycles. The quantitative estimate of drug-likeness (QED) is 0.688. The smallest absolute Gasteiger partial charge is 0.251 e. The van der Waals surface area contributed by atoms with Gasteiger partial charge in [-0.2, -0.15) is 0 Å². The topological polar surface area (TPSA) is 87.3 Å². The number of carbonyl (C=O) groups is 3. The molecule has 0 radical (unpaired) electrons. The lowest BCUT2D eigenvalue weighted by Crippen LogP contribution is -2.45. The Hall–Kier alpha value is -3.22. The van der Waals surface area contributed by atoms with E-state index in [-0.39, 0.29) is 24.6 Å². The third-order valence-electron chi connectivity index (χ3n) is 3.52. The first-order valence-corrected chi connectivity index (χ1v) is 8.12. The molecule has 0 saturated carbocycles. The summed E-state index contributed by atoms with van der Waals surface area (Å²) in [7, 11) is 0. The molecule has 1 atom stereocenters. The molecule has 6 nitrogen and oxygen atoms in total. The molecule has 136 valence electrons. The van der Waals surface area contributed by atoms with Crippen molar-refractivity contribution in [2.75, 3.05) is 0 Å². The van der Waals surface area contributed by atoms with Crippen LogP contribution < -0.4 is 16.2 Å². The maximum Gasteiger partial charge on any atom is 0.251 e. The molecule has 0 spiro atoms. The monoisotopic (exact) mass is 357 g/mol. The van der Waals surface area contributed by atoms with E-state index in [2.05, 4.69) is 16.2 Å². The largest absolute Gasteiger partial charge is 0.349 e. The van der Waals surface area contributed by atoms with Crippen LogP contribution in [0.2, 0.25) is 0 Å². The first-order valence-electron chi connectivity index (χ1n) is 8.12. The van der Waals surface area contributed by atoms with Crippen molar-refractivity contribution < 1.29 is 18.8 Å². The van der Waals surface area contributed by atoms with Crippen molar-refractivity contribution in [3.8, 4) is 0 Å². The van der Waals surface area contributed by atoms with Crippen LogP contribution in [0.3, 0.4) is 0 Å². The first kappa shape index (κ1) is 19.1. The van der Waals surface area contributed by atoms with Gasteiger partial charge < -0.3 is 5.32 Å². The van der Waals surface area contributed by atoms with Crippen molar-refractivity contribution >= 4 is 17.7 Å². The summed E-state index contributed by atoms with van der Waals surface area (Å²) in [6, 6.07) is 13.8. The number of hydrogen-bond acceptors (Lipinski definition) is 3. The third kappa shape index (κ3) is 6.35. The lowest BCUT2D eigenvalue weighted by atomic mass is 10.1. The van der Waals surface area contributed by atoms with Gasteiger partial charge in [-0.05, 0) is 36.8 Å². The summed E-state index contributed by atoms with van der Waals surface area (Å²) in [4.78, 5) is 35.6. The van der Waals surface area contributed by atoms with Gasteiger partial charge in [-0.25, -0.2) is 4.39 Å². The van der Waals surface area contributed by atoms with Crippen molar-refractivity contribution in [1.82, 2.24) is 16.2 Å². The second-order valence-electron chi connectivity index (χ2n) is 5.84. The number of hydrazine groups is 1. The van der Waals surface area contributed by atoms with Crippen LogP contribution in [0, 0.1) is 5.82 Å². The molecule has 2 rings (SSSR count). The summed E-state index contributed by atoms with van der Waals surface area (Å²) < 4.78 is 12.8. The van der Waals surface area contributed by atoms with Crippen molar-refractivity contribution in [3.63, 3.8) is 0 Å². The number of rotatable bonds is 6. The molecule has 1 unspecified atom stereocenters. The van der Waals surface area contributed by atoms with Crippen molar-refractivity contribution in [1.29, 1.82) is 0 Å². The Kier molecular flexibility index (Phi) is 6.84. The lowest BCUT2D eigenvalue weighted by Gasteiger charge is -2.14. The third-order valence-corrected chi connectivity index (χ3v) is 3.52. The van der Waals surface area contributed by atoms with Gasteiger partial charge in [-0.3, -0.25) is 25.2 Å². The molecule has 7 heteroatoms. The normalized spacial score (nSPS) is 11.3.